The molecule has 6 heteroatoms. The maximum absolute atomic E-state index is 11.6. The number of carbonyl (C=O) groups excluding carboxylic acids is 1. The maximum Gasteiger partial charge on any atom is 0.230 e. The van der Waals surface area contributed by atoms with E-state index in [1.165, 1.54) is 11.8 Å². The molecule has 0 aliphatic heterocycles. The van der Waals surface area contributed by atoms with Crippen molar-refractivity contribution >= 4 is 23.4 Å². The summed E-state index contributed by atoms with van der Waals surface area (Å²) in [5, 5.41) is 8.12. The zero-order valence-electron chi connectivity index (χ0n) is 11.5. The van der Waals surface area contributed by atoms with Gasteiger partial charge in [-0.1, -0.05) is 18.7 Å². The number of hydrogen-bond donors (Lipinski definition) is 2. The van der Waals surface area contributed by atoms with E-state index in [0.29, 0.717) is 11.4 Å². The molecule has 1 heterocycles. The average molecular weight is 270 g/mol. The Morgan fingerprint density at radius 1 is 1.56 bits per heavy atom. The van der Waals surface area contributed by atoms with Gasteiger partial charge >= 0.3 is 0 Å². The smallest absolute Gasteiger partial charge is 0.230 e. The average Bonchev–Trinajstić information content (AvgIpc) is 2.61. The molecule has 0 fully saturated rings. The third-order valence-electron chi connectivity index (χ3n) is 2.49. The van der Waals surface area contributed by atoms with Gasteiger partial charge in [-0.05, 0) is 27.2 Å². The number of hydrogen-bond acceptors (Lipinski definition) is 4. The summed E-state index contributed by atoms with van der Waals surface area (Å²) in [6.45, 7) is 8.73. The molecule has 0 aromatic carbocycles. The van der Waals surface area contributed by atoms with Gasteiger partial charge in [-0.25, -0.2) is 0 Å². The Hall–Kier alpha value is -1.17. The molecule has 1 rings (SSSR count). The summed E-state index contributed by atoms with van der Waals surface area (Å²) in [4.78, 5) is 11.6. The first-order valence-electron chi connectivity index (χ1n) is 6.21. The van der Waals surface area contributed by atoms with E-state index < -0.39 is 0 Å². The predicted molar refractivity (Wildman–Crippen MR) is 75.8 cm³/mol. The molecular weight excluding hydrogens is 248 g/mol. The van der Waals surface area contributed by atoms with Crippen LogP contribution in [-0.2, 0) is 4.79 Å². The Labute approximate surface area is 112 Å². The lowest BCUT2D eigenvalue weighted by Gasteiger charge is -2.10. The van der Waals surface area contributed by atoms with Gasteiger partial charge in [0, 0.05) is 12.6 Å². The summed E-state index contributed by atoms with van der Waals surface area (Å²) in [5.41, 5.74) is 7.49. The molecular formula is C12H22N4OS. The number of nitrogens with one attached hydrogen (secondary N) is 1. The molecule has 0 radical (unpaired) electrons. The second-order valence-corrected chi connectivity index (χ2v) is 5.45. The monoisotopic (exact) mass is 270 g/mol. The van der Waals surface area contributed by atoms with Crippen LogP contribution in [0.3, 0.4) is 0 Å². The van der Waals surface area contributed by atoms with Gasteiger partial charge in [-0.3, -0.25) is 9.48 Å². The highest BCUT2D eigenvalue weighted by molar-refractivity contribution is 8.00. The Morgan fingerprint density at radius 3 is 2.78 bits per heavy atom. The highest BCUT2D eigenvalue weighted by atomic mass is 32.2. The fourth-order valence-electron chi connectivity index (χ4n) is 1.48. The Morgan fingerprint density at radius 2 is 2.22 bits per heavy atom. The van der Waals surface area contributed by atoms with Crippen LogP contribution in [0.2, 0.25) is 0 Å². The van der Waals surface area contributed by atoms with E-state index in [2.05, 4.69) is 10.4 Å². The van der Waals surface area contributed by atoms with Crippen LogP contribution in [0.1, 0.15) is 38.9 Å². The van der Waals surface area contributed by atoms with E-state index in [-0.39, 0.29) is 11.9 Å². The molecule has 5 nitrogen and oxygen atoms in total. The van der Waals surface area contributed by atoms with Crippen LogP contribution in [0.5, 0.6) is 0 Å². The van der Waals surface area contributed by atoms with E-state index in [4.69, 9.17) is 5.73 Å². The van der Waals surface area contributed by atoms with Crippen molar-refractivity contribution in [3.8, 4) is 0 Å². The fourth-order valence-corrected chi connectivity index (χ4v) is 2.54. The molecule has 0 saturated carbocycles. The van der Waals surface area contributed by atoms with Gasteiger partial charge in [0.1, 0.15) is 5.03 Å². The zero-order valence-corrected chi connectivity index (χ0v) is 12.3. The van der Waals surface area contributed by atoms with Gasteiger partial charge in [-0.15, -0.1) is 0 Å². The number of anilines is 1. The lowest BCUT2D eigenvalue weighted by atomic mass is 10.4. The van der Waals surface area contributed by atoms with Crippen molar-refractivity contribution in [1.29, 1.82) is 0 Å². The van der Waals surface area contributed by atoms with Crippen molar-refractivity contribution < 1.29 is 4.79 Å². The first-order chi connectivity index (χ1) is 8.47. The highest BCUT2D eigenvalue weighted by Gasteiger charge is 2.16. The largest absolute Gasteiger partial charge is 0.395 e. The Bertz CT molecular complexity index is 414. The first kappa shape index (κ1) is 14.9. The number of thioether (sulfide) groups is 1. The van der Waals surface area contributed by atoms with E-state index in [1.807, 2.05) is 32.4 Å². The van der Waals surface area contributed by atoms with Crippen LogP contribution in [0, 0.1) is 6.92 Å². The molecule has 0 aliphatic rings. The molecule has 0 aliphatic carbocycles. The topological polar surface area (TPSA) is 72.9 Å². The third-order valence-corrected chi connectivity index (χ3v) is 3.57. The lowest BCUT2D eigenvalue weighted by Crippen LogP contribution is -2.25. The number of nitrogens with zero attached hydrogens (tertiary/aromatic N) is 2. The summed E-state index contributed by atoms with van der Waals surface area (Å²) in [5.74, 6) is 0.414. The van der Waals surface area contributed by atoms with Crippen molar-refractivity contribution in [1.82, 2.24) is 15.1 Å². The molecule has 0 atom stereocenters. The zero-order chi connectivity index (χ0) is 13.7. The van der Waals surface area contributed by atoms with Crippen LogP contribution in [0.15, 0.2) is 5.03 Å². The second kappa shape index (κ2) is 6.68. The molecule has 102 valence electrons. The number of nitrogen functional groups attached to an aromatic ring is 1. The number of nitrogens with two attached hydrogens (primary N) is 1. The molecule has 3 N–H and O–H groups in total. The molecule has 0 saturated heterocycles. The number of carbonyl (C=O) groups is 1. The summed E-state index contributed by atoms with van der Waals surface area (Å²) in [6, 6.07) is 0.238. The summed E-state index contributed by atoms with van der Waals surface area (Å²) >= 11 is 1.44. The van der Waals surface area contributed by atoms with Gasteiger partial charge < -0.3 is 11.1 Å². The molecule has 1 amide bonds. The van der Waals surface area contributed by atoms with Crippen molar-refractivity contribution in [2.75, 3.05) is 18.0 Å². The SMILES string of the molecule is CCCNC(=O)CSc1c(N)c(C)nn1C(C)C. The van der Waals surface area contributed by atoms with Gasteiger partial charge in [0.25, 0.3) is 0 Å². The summed E-state index contributed by atoms with van der Waals surface area (Å²) in [7, 11) is 0. The maximum atomic E-state index is 11.6. The van der Waals surface area contributed by atoms with Crippen LogP contribution in [-0.4, -0.2) is 28.0 Å². The van der Waals surface area contributed by atoms with Crippen LogP contribution in [0.25, 0.3) is 0 Å². The van der Waals surface area contributed by atoms with Gasteiger partial charge in [0.2, 0.25) is 5.91 Å². The molecule has 0 spiro atoms. The standard InChI is InChI=1S/C12H22N4OS/c1-5-6-14-10(17)7-18-12-11(13)9(4)15-16(12)8(2)3/h8H,5-7,13H2,1-4H3,(H,14,17). The number of aryl methyl sites for hydroxylation is 1. The second-order valence-electron chi connectivity index (χ2n) is 4.48. The molecule has 0 unspecified atom stereocenters. The molecule has 1 aromatic rings. The van der Waals surface area contributed by atoms with Gasteiger partial charge in [0.05, 0.1) is 17.1 Å². The normalized spacial score (nSPS) is 10.9. The lowest BCUT2D eigenvalue weighted by molar-refractivity contribution is -0.118. The fraction of sp³-hybridized carbons (Fsp3) is 0.667. The minimum absolute atomic E-state index is 0.0374. The number of aromatic nitrogens is 2. The predicted octanol–water partition coefficient (Wildman–Crippen LogP) is 1.97. The van der Waals surface area contributed by atoms with Crippen molar-refractivity contribution in [2.45, 2.75) is 45.2 Å². The summed E-state index contributed by atoms with van der Waals surface area (Å²) in [6.07, 6.45) is 0.946. The van der Waals surface area contributed by atoms with Gasteiger partial charge in [-0.2, -0.15) is 5.10 Å². The highest BCUT2D eigenvalue weighted by Crippen LogP contribution is 2.29. The minimum atomic E-state index is 0.0374. The van der Waals surface area contributed by atoms with Crippen molar-refractivity contribution in [3.63, 3.8) is 0 Å². The van der Waals surface area contributed by atoms with Gasteiger partial charge in [0.15, 0.2) is 0 Å². The van der Waals surface area contributed by atoms with E-state index in [9.17, 15) is 4.79 Å². The first-order valence-corrected chi connectivity index (χ1v) is 7.20. The van der Waals surface area contributed by atoms with E-state index in [1.54, 1.807) is 0 Å². The number of amides is 1. The summed E-state index contributed by atoms with van der Waals surface area (Å²) < 4.78 is 1.88. The molecule has 0 bridgehead atoms. The van der Waals surface area contributed by atoms with Crippen LogP contribution >= 0.6 is 11.8 Å². The Balaban J connectivity index is 2.69. The van der Waals surface area contributed by atoms with Crippen molar-refractivity contribution in [3.05, 3.63) is 5.69 Å². The molecule has 18 heavy (non-hydrogen) atoms. The number of rotatable bonds is 6. The molecule has 1 aromatic heterocycles. The van der Waals surface area contributed by atoms with E-state index >= 15 is 0 Å². The van der Waals surface area contributed by atoms with Crippen LogP contribution in [0.4, 0.5) is 5.69 Å². The van der Waals surface area contributed by atoms with Crippen molar-refractivity contribution in [2.24, 2.45) is 0 Å². The third kappa shape index (κ3) is 3.66. The van der Waals surface area contributed by atoms with Crippen LogP contribution < -0.4 is 11.1 Å². The van der Waals surface area contributed by atoms with E-state index in [0.717, 1.165) is 23.7 Å². The Kier molecular flexibility index (Phi) is 5.53. The minimum Gasteiger partial charge on any atom is -0.395 e. The quantitative estimate of drug-likeness (QED) is 0.775.